The molecule has 1 aliphatic heterocycles. The maximum atomic E-state index is 12.5. The molecule has 1 atom stereocenters. The number of primary amides is 1. The Morgan fingerprint density at radius 2 is 2.19 bits per heavy atom. The minimum Gasteiger partial charge on any atom is -0.366 e. The van der Waals surface area contributed by atoms with Gasteiger partial charge in [0.25, 0.3) is 5.56 Å². The molecule has 1 aromatic heterocycles. The van der Waals surface area contributed by atoms with Gasteiger partial charge in [-0.1, -0.05) is 12.1 Å². The number of hydrogen-bond donors (Lipinski definition) is 2. The fourth-order valence-electron chi connectivity index (χ4n) is 3.32. The standard InChI is InChI=1S/C19H22N4O3/c1-12-21-10-16(19(26)22-12)9-17(24)23-6-5-14(11-23)7-13-3-2-4-15(8-13)18(20)25/h2-4,8,10,14H,5-7,9,11H2,1H3,(H2,20,25)(H,21,22,26)/t14-/m1/s1. The van der Waals surface area contributed by atoms with Gasteiger partial charge < -0.3 is 15.6 Å². The van der Waals surface area contributed by atoms with Crippen LogP contribution in [-0.2, 0) is 17.6 Å². The molecule has 1 fully saturated rings. The number of nitrogens with two attached hydrogens (primary N) is 1. The van der Waals surface area contributed by atoms with Crippen LogP contribution in [0, 0.1) is 12.8 Å². The van der Waals surface area contributed by atoms with Crippen molar-refractivity contribution in [1.29, 1.82) is 0 Å². The summed E-state index contributed by atoms with van der Waals surface area (Å²) in [6.07, 6.45) is 3.22. The highest BCUT2D eigenvalue weighted by atomic mass is 16.2. The normalized spacial score (nSPS) is 16.7. The zero-order valence-electron chi connectivity index (χ0n) is 14.7. The van der Waals surface area contributed by atoms with Crippen molar-refractivity contribution in [1.82, 2.24) is 14.9 Å². The number of hydrogen-bond acceptors (Lipinski definition) is 4. The summed E-state index contributed by atoms with van der Waals surface area (Å²) in [6.45, 7) is 3.03. The number of likely N-dealkylation sites (tertiary alicyclic amines) is 1. The Morgan fingerprint density at radius 1 is 1.38 bits per heavy atom. The van der Waals surface area contributed by atoms with E-state index in [1.165, 1.54) is 6.20 Å². The summed E-state index contributed by atoms with van der Waals surface area (Å²) < 4.78 is 0. The van der Waals surface area contributed by atoms with E-state index in [4.69, 9.17) is 5.73 Å². The molecule has 7 nitrogen and oxygen atoms in total. The highest BCUT2D eigenvalue weighted by Crippen LogP contribution is 2.22. The number of nitrogens with zero attached hydrogens (tertiary/aromatic N) is 2. The summed E-state index contributed by atoms with van der Waals surface area (Å²) in [5.74, 6) is 0.365. The summed E-state index contributed by atoms with van der Waals surface area (Å²) in [5.41, 5.74) is 6.99. The number of H-pyrrole nitrogens is 1. The van der Waals surface area contributed by atoms with E-state index < -0.39 is 5.91 Å². The molecule has 7 heteroatoms. The van der Waals surface area contributed by atoms with E-state index in [2.05, 4.69) is 9.97 Å². The van der Waals surface area contributed by atoms with Gasteiger partial charge in [0.2, 0.25) is 11.8 Å². The second kappa shape index (κ2) is 7.51. The van der Waals surface area contributed by atoms with Crippen LogP contribution in [0.25, 0.3) is 0 Å². The number of amides is 2. The van der Waals surface area contributed by atoms with Crippen LogP contribution in [0.3, 0.4) is 0 Å². The van der Waals surface area contributed by atoms with Gasteiger partial charge in [-0.05, 0) is 43.4 Å². The van der Waals surface area contributed by atoms with Crippen LogP contribution in [0.5, 0.6) is 0 Å². The zero-order valence-corrected chi connectivity index (χ0v) is 14.7. The Balaban J connectivity index is 1.59. The van der Waals surface area contributed by atoms with Gasteiger partial charge in [0.05, 0.1) is 6.42 Å². The molecule has 0 radical (unpaired) electrons. The highest BCUT2D eigenvalue weighted by Gasteiger charge is 2.27. The third-order valence-corrected chi connectivity index (χ3v) is 4.72. The second-order valence-electron chi connectivity index (χ2n) is 6.76. The largest absolute Gasteiger partial charge is 0.366 e. The van der Waals surface area contributed by atoms with E-state index in [-0.39, 0.29) is 17.9 Å². The fourth-order valence-corrected chi connectivity index (χ4v) is 3.32. The minimum atomic E-state index is -0.438. The maximum absolute atomic E-state index is 12.5. The summed E-state index contributed by atoms with van der Waals surface area (Å²) in [7, 11) is 0. The molecule has 3 rings (SSSR count). The average molecular weight is 354 g/mol. The Bertz CT molecular complexity index is 890. The molecule has 2 aromatic rings. The number of nitrogens with one attached hydrogen (secondary N) is 1. The predicted molar refractivity (Wildman–Crippen MR) is 96.6 cm³/mol. The highest BCUT2D eigenvalue weighted by molar-refractivity contribution is 5.92. The monoisotopic (exact) mass is 354 g/mol. The summed E-state index contributed by atoms with van der Waals surface area (Å²) in [6, 6.07) is 7.30. The molecule has 0 aliphatic carbocycles. The van der Waals surface area contributed by atoms with Crippen molar-refractivity contribution in [2.45, 2.75) is 26.2 Å². The molecule has 136 valence electrons. The minimum absolute atomic E-state index is 0.0606. The smallest absolute Gasteiger partial charge is 0.254 e. The van der Waals surface area contributed by atoms with Crippen LogP contribution in [0.2, 0.25) is 0 Å². The van der Waals surface area contributed by atoms with E-state index in [0.717, 1.165) is 18.4 Å². The van der Waals surface area contributed by atoms with Gasteiger partial charge >= 0.3 is 0 Å². The zero-order chi connectivity index (χ0) is 18.7. The van der Waals surface area contributed by atoms with Gasteiger partial charge in [-0.25, -0.2) is 4.98 Å². The van der Waals surface area contributed by atoms with E-state index in [0.29, 0.717) is 36.0 Å². The first kappa shape index (κ1) is 17.8. The molecular weight excluding hydrogens is 332 g/mol. The van der Waals surface area contributed by atoms with Crippen molar-refractivity contribution < 1.29 is 9.59 Å². The first-order valence-corrected chi connectivity index (χ1v) is 8.63. The quantitative estimate of drug-likeness (QED) is 0.828. The number of carbonyl (C=O) groups is 2. The van der Waals surface area contributed by atoms with Crippen LogP contribution in [0.1, 0.15) is 33.7 Å². The van der Waals surface area contributed by atoms with E-state index in [9.17, 15) is 14.4 Å². The van der Waals surface area contributed by atoms with E-state index in [1.807, 2.05) is 18.2 Å². The van der Waals surface area contributed by atoms with Gasteiger partial charge in [0, 0.05) is 30.4 Å². The van der Waals surface area contributed by atoms with Gasteiger partial charge in [0.15, 0.2) is 0 Å². The SMILES string of the molecule is Cc1ncc(CC(=O)N2CC[C@H](Cc3cccc(C(N)=O)c3)C2)c(=O)[nH]1. The molecule has 1 aliphatic rings. The molecule has 0 bridgehead atoms. The molecule has 0 saturated carbocycles. The van der Waals surface area contributed by atoms with E-state index >= 15 is 0 Å². The van der Waals surface area contributed by atoms with Gasteiger partial charge in [-0.2, -0.15) is 0 Å². The van der Waals surface area contributed by atoms with Crippen molar-refractivity contribution in [2.75, 3.05) is 13.1 Å². The van der Waals surface area contributed by atoms with Crippen molar-refractivity contribution in [3.05, 3.63) is 63.3 Å². The van der Waals surface area contributed by atoms with Crippen LogP contribution in [0.4, 0.5) is 0 Å². The second-order valence-corrected chi connectivity index (χ2v) is 6.76. The average Bonchev–Trinajstić information content (AvgIpc) is 3.06. The topological polar surface area (TPSA) is 109 Å². The Hall–Kier alpha value is -2.96. The predicted octanol–water partition coefficient (Wildman–Crippen LogP) is 0.811. The first-order chi connectivity index (χ1) is 12.4. The number of rotatable bonds is 5. The van der Waals surface area contributed by atoms with Crippen molar-refractivity contribution in [2.24, 2.45) is 11.7 Å². The fraction of sp³-hybridized carbons (Fsp3) is 0.368. The van der Waals surface area contributed by atoms with Gasteiger partial charge in [-0.15, -0.1) is 0 Å². The number of benzene rings is 1. The molecule has 1 aromatic carbocycles. The number of aromatic nitrogens is 2. The number of carbonyl (C=O) groups excluding carboxylic acids is 2. The lowest BCUT2D eigenvalue weighted by Crippen LogP contribution is -2.32. The third kappa shape index (κ3) is 4.17. The van der Waals surface area contributed by atoms with Crippen molar-refractivity contribution in [3.63, 3.8) is 0 Å². The van der Waals surface area contributed by atoms with Gasteiger partial charge in [0.1, 0.15) is 5.82 Å². The molecule has 0 unspecified atom stereocenters. The van der Waals surface area contributed by atoms with Crippen LogP contribution in [0.15, 0.2) is 35.3 Å². The maximum Gasteiger partial charge on any atom is 0.254 e. The molecule has 0 spiro atoms. The third-order valence-electron chi connectivity index (χ3n) is 4.72. The van der Waals surface area contributed by atoms with Crippen molar-refractivity contribution in [3.8, 4) is 0 Å². The molecule has 1 saturated heterocycles. The lowest BCUT2D eigenvalue weighted by atomic mass is 9.97. The summed E-state index contributed by atoms with van der Waals surface area (Å²) in [4.78, 5) is 44.1. The Kier molecular flexibility index (Phi) is 5.16. The molecule has 26 heavy (non-hydrogen) atoms. The number of aryl methyl sites for hydroxylation is 1. The Morgan fingerprint density at radius 3 is 2.92 bits per heavy atom. The lowest BCUT2D eigenvalue weighted by Gasteiger charge is -2.16. The summed E-state index contributed by atoms with van der Waals surface area (Å²) in [5, 5.41) is 0. The van der Waals surface area contributed by atoms with Crippen LogP contribution in [-0.4, -0.2) is 39.8 Å². The molecule has 2 heterocycles. The first-order valence-electron chi connectivity index (χ1n) is 8.63. The molecule has 2 amide bonds. The van der Waals surface area contributed by atoms with Gasteiger partial charge in [-0.3, -0.25) is 14.4 Å². The molecular formula is C19H22N4O3. The van der Waals surface area contributed by atoms with Crippen molar-refractivity contribution >= 4 is 11.8 Å². The van der Waals surface area contributed by atoms with Crippen LogP contribution >= 0.6 is 0 Å². The Labute approximate surface area is 151 Å². The molecule has 3 N–H and O–H groups in total. The summed E-state index contributed by atoms with van der Waals surface area (Å²) >= 11 is 0. The lowest BCUT2D eigenvalue weighted by molar-refractivity contribution is -0.129. The number of aromatic amines is 1. The van der Waals surface area contributed by atoms with E-state index in [1.54, 1.807) is 17.9 Å². The van der Waals surface area contributed by atoms with Crippen LogP contribution < -0.4 is 11.3 Å².